The van der Waals surface area contributed by atoms with Gasteiger partial charge in [0.1, 0.15) is 0 Å². The Hall–Kier alpha value is -0.970. The van der Waals surface area contributed by atoms with E-state index >= 15 is 0 Å². The zero-order chi connectivity index (χ0) is 14.9. The lowest BCUT2D eigenvalue weighted by atomic mass is 9.89. The number of anilines is 1. The second-order valence-corrected chi connectivity index (χ2v) is 7.45. The maximum absolute atomic E-state index is 6.27. The number of nitrogens with zero attached hydrogens (tertiary/aromatic N) is 1. The molecule has 1 aliphatic rings. The van der Waals surface area contributed by atoms with E-state index in [1.807, 2.05) is 36.0 Å². The van der Waals surface area contributed by atoms with Gasteiger partial charge in [0.15, 0.2) is 0 Å². The first-order chi connectivity index (χ1) is 10.2. The SMILES string of the molecule is CC1SCCCC1(CN)Nc1ccc(Cl)c2cccnc12. The molecule has 1 aliphatic heterocycles. The Balaban J connectivity index is 2.03. The summed E-state index contributed by atoms with van der Waals surface area (Å²) in [4.78, 5) is 4.50. The molecule has 0 spiro atoms. The molecule has 2 heterocycles. The molecule has 2 aromatic rings. The Bertz CT molecular complexity index is 648. The summed E-state index contributed by atoms with van der Waals surface area (Å²) < 4.78 is 0. The molecule has 0 saturated carbocycles. The first kappa shape index (κ1) is 14.9. The van der Waals surface area contributed by atoms with E-state index in [-0.39, 0.29) is 5.54 Å². The number of nitrogens with two attached hydrogens (primary N) is 1. The van der Waals surface area contributed by atoms with Crippen molar-refractivity contribution in [1.29, 1.82) is 0 Å². The maximum Gasteiger partial charge on any atom is 0.0948 e. The van der Waals surface area contributed by atoms with Crippen molar-refractivity contribution in [3.8, 4) is 0 Å². The molecular weight excluding hydrogens is 302 g/mol. The van der Waals surface area contributed by atoms with Crippen molar-refractivity contribution in [2.45, 2.75) is 30.6 Å². The van der Waals surface area contributed by atoms with Crippen LogP contribution in [0.2, 0.25) is 5.02 Å². The fourth-order valence-corrected chi connectivity index (χ4v) is 4.47. The van der Waals surface area contributed by atoms with Crippen molar-refractivity contribution < 1.29 is 0 Å². The maximum atomic E-state index is 6.27. The van der Waals surface area contributed by atoms with Crippen molar-refractivity contribution in [3.63, 3.8) is 0 Å². The van der Waals surface area contributed by atoms with Crippen LogP contribution in [0.1, 0.15) is 19.8 Å². The summed E-state index contributed by atoms with van der Waals surface area (Å²) in [5.41, 5.74) is 8.00. The third kappa shape index (κ3) is 2.72. The Morgan fingerprint density at radius 3 is 3.10 bits per heavy atom. The number of thioether (sulfide) groups is 1. The number of rotatable bonds is 3. The smallest absolute Gasteiger partial charge is 0.0948 e. The van der Waals surface area contributed by atoms with Crippen molar-refractivity contribution in [2.75, 3.05) is 17.6 Å². The van der Waals surface area contributed by atoms with Gasteiger partial charge in [-0.2, -0.15) is 11.8 Å². The Labute approximate surface area is 134 Å². The van der Waals surface area contributed by atoms with Crippen LogP contribution in [-0.2, 0) is 0 Å². The molecule has 2 atom stereocenters. The normalized spacial score (nSPS) is 26.0. The van der Waals surface area contributed by atoms with Crippen molar-refractivity contribution >= 4 is 40.0 Å². The number of fused-ring (bicyclic) bond motifs is 1. The van der Waals surface area contributed by atoms with Crippen LogP contribution in [0.25, 0.3) is 10.9 Å². The van der Waals surface area contributed by atoms with Gasteiger partial charge >= 0.3 is 0 Å². The van der Waals surface area contributed by atoms with Gasteiger partial charge in [-0.15, -0.1) is 0 Å². The molecule has 3 rings (SSSR count). The second-order valence-electron chi connectivity index (χ2n) is 5.60. The van der Waals surface area contributed by atoms with Crippen LogP contribution >= 0.6 is 23.4 Å². The summed E-state index contributed by atoms with van der Waals surface area (Å²) in [5, 5.41) is 5.89. The van der Waals surface area contributed by atoms with E-state index in [1.165, 1.54) is 12.2 Å². The fraction of sp³-hybridized carbons (Fsp3) is 0.438. The summed E-state index contributed by atoms with van der Waals surface area (Å²) in [6.07, 6.45) is 4.09. The molecule has 5 heteroatoms. The highest BCUT2D eigenvalue weighted by Gasteiger charge is 2.37. The quantitative estimate of drug-likeness (QED) is 0.899. The Morgan fingerprint density at radius 2 is 2.33 bits per heavy atom. The van der Waals surface area contributed by atoms with Crippen LogP contribution in [0.15, 0.2) is 30.5 Å². The average Bonchev–Trinajstić information content (AvgIpc) is 2.52. The lowest BCUT2D eigenvalue weighted by Gasteiger charge is -2.43. The van der Waals surface area contributed by atoms with E-state index < -0.39 is 0 Å². The molecule has 1 saturated heterocycles. The van der Waals surface area contributed by atoms with E-state index in [0.29, 0.717) is 11.8 Å². The van der Waals surface area contributed by atoms with Gasteiger partial charge in [0.2, 0.25) is 0 Å². The van der Waals surface area contributed by atoms with E-state index in [2.05, 4.69) is 17.2 Å². The topological polar surface area (TPSA) is 50.9 Å². The highest BCUT2D eigenvalue weighted by Crippen LogP contribution is 2.38. The van der Waals surface area contributed by atoms with E-state index in [0.717, 1.165) is 28.0 Å². The molecule has 0 radical (unpaired) electrons. The van der Waals surface area contributed by atoms with E-state index in [9.17, 15) is 0 Å². The highest BCUT2D eigenvalue weighted by molar-refractivity contribution is 8.00. The number of halogens is 1. The molecule has 0 amide bonds. The van der Waals surface area contributed by atoms with Crippen LogP contribution in [0.5, 0.6) is 0 Å². The minimum atomic E-state index is -0.0683. The molecule has 0 aliphatic carbocycles. The molecular formula is C16H20ClN3S. The number of nitrogens with one attached hydrogen (secondary N) is 1. The lowest BCUT2D eigenvalue weighted by molar-refractivity contribution is 0.422. The molecule has 21 heavy (non-hydrogen) atoms. The first-order valence-electron chi connectivity index (χ1n) is 7.29. The average molecular weight is 322 g/mol. The van der Waals surface area contributed by atoms with Gasteiger partial charge in [-0.1, -0.05) is 18.5 Å². The van der Waals surface area contributed by atoms with Crippen LogP contribution in [0.4, 0.5) is 5.69 Å². The Kier molecular flexibility index (Phi) is 4.29. The fourth-order valence-electron chi connectivity index (χ4n) is 3.00. The minimum absolute atomic E-state index is 0.0683. The number of pyridine rings is 1. The predicted octanol–water partition coefficient (Wildman–Crippen LogP) is 3.91. The van der Waals surface area contributed by atoms with Crippen LogP contribution in [0, 0.1) is 0 Å². The van der Waals surface area contributed by atoms with Gasteiger partial charge in [-0.3, -0.25) is 4.98 Å². The standard InChI is InChI=1S/C16H20ClN3S/c1-11-16(10-18,7-3-9-21-11)20-14-6-5-13(17)12-4-2-8-19-15(12)14/h2,4-6,8,11,20H,3,7,9-10,18H2,1H3. The molecule has 1 aromatic heterocycles. The van der Waals surface area contributed by atoms with Crippen LogP contribution in [0.3, 0.4) is 0 Å². The van der Waals surface area contributed by atoms with Gasteiger partial charge < -0.3 is 11.1 Å². The summed E-state index contributed by atoms with van der Waals surface area (Å²) in [6, 6.07) is 7.86. The number of hydrogen-bond donors (Lipinski definition) is 2. The molecule has 1 aromatic carbocycles. The van der Waals surface area contributed by atoms with Crippen LogP contribution in [-0.4, -0.2) is 28.1 Å². The lowest BCUT2D eigenvalue weighted by Crippen LogP contribution is -2.54. The van der Waals surface area contributed by atoms with Crippen molar-refractivity contribution in [2.24, 2.45) is 5.73 Å². The number of benzene rings is 1. The van der Waals surface area contributed by atoms with Gasteiger partial charge in [0, 0.05) is 23.4 Å². The zero-order valence-electron chi connectivity index (χ0n) is 12.1. The van der Waals surface area contributed by atoms with Crippen molar-refractivity contribution in [1.82, 2.24) is 4.98 Å². The highest BCUT2D eigenvalue weighted by atomic mass is 35.5. The molecule has 3 nitrogen and oxygen atoms in total. The number of aromatic nitrogens is 1. The minimum Gasteiger partial charge on any atom is -0.375 e. The predicted molar refractivity (Wildman–Crippen MR) is 93.3 cm³/mol. The van der Waals surface area contributed by atoms with E-state index in [4.69, 9.17) is 17.3 Å². The van der Waals surface area contributed by atoms with E-state index in [1.54, 1.807) is 6.20 Å². The van der Waals surface area contributed by atoms with Gasteiger partial charge in [-0.25, -0.2) is 0 Å². The summed E-state index contributed by atoms with van der Waals surface area (Å²) in [7, 11) is 0. The van der Waals surface area contributed by atoms with Gasteiger partial charge in [0.25, 0.3) is 0 Å². The second kappa shape index (κ2) is 6.03. The summed E-state index contributed by atoms with van der Waals surface area (Å²) in [6.45, 7) is 2.88. The van der Waals surface area contributed by atoms with Crippen molar-refractivity contribution in [3.05, 3.63) is 35.5 Å². The largest absolute Gasteiger partial charge is 0.375 e. The van der Waals surface area contributed by atoms with Crippen LogP contribution < -0.4 is 11.1 Å². The third-order valence-corrected chi connectivity index (χ3v) is 6.18. The molecule has 112 valence electrons. The molecule has 1 fully saturated rings. The molecule has 2 unspecified atom stereocenters. The monoisotopic (exact) mass is 321 g/mol. The third-order valence-electron chi connectivity index (χ3n) is 4.38. The Morgan fingerprint density at radius 1 is 1.48 bits per heavy atom. The van der Waals surface area contributed by atoms with Gasteiger partial charge in [0.05, 0.1) is 21.8 Å². The molecule has 3 N–H and O–H groups in total. The number of hydrogen-bond acceptors (Lipinski definition) is 4. The van der Waals surface area contributed by atoms with Gasteiger partial charge in [-0.05, 0) is 42.9 Å². The summed E-state index contributed by atoms with van der Waals surface area (Å²) >= 11 is 8.26. The zero-order valence-corrected chi connectivity index (χ0v) is 13.7. The first-order valence-corrected chi connectivity index (χ1v) is 8.72. The molecule has 0 bridgehead atoms. The summed E-state index contributed by atoms with van der Waals surface area (Å²) in [5.74, 6) is 1.21.